The number of rotatable bonds is 4. The summed E-state index contributed by atoms with van der Waals surface area (Å²) < 4.78 is 7.23. The van der Waals surface area contributed by atoms with Crippen LogP contribution in [0.2, 0.25) is 5.02 Å². The first-order valence-electron chi connectivity index (χ1n) is 10.2. The summed E-state index contributed by atoms with van der Waals surface area (Å²) in [5.41, 5.74) is 2.46. The van der Waals surface area contributed by atoms with E-state index in [1.165, 1.54) is 0 Å². The van der Waals surface area contributed by atoms with E-state index in [2.05, 4.69) is 15.6 Å². The molecule has 2 aliphatic rings. The highest BCUT2D eigenvalue weighted by atomic mass is 35.5. The Hall–Kier alpha value is -1.92. The molecule has 2 aromatic rings. The minimum Gasteiger partial charge on any atom is -0.381 e. The lowest BCUT2D eigenvalue weighted by Crippen LogP contribution is -2.42. The van der Waals surface area contributed by atoms with Crippen molar-refractivity contribution in [2.24, 2.45) is 5.41 Å². The Bertz CT molecular complexity index is 835. The van der Waals surface area contributed by atoms with Crippen molar-refractivity contribution in [3.05, 3.63) is 40.7 Å². The molecule has 1 aromatic carbocycles. The van der Waals surface area contributed by atoms with Gasteiger partial charge in [-0.15, -0.1) is 5.10 Å². The van der Waals surface area contributed by atoms with Crippen LogP contribution >= 0.6 is 11.6 Å². The first-order valence-corrected chi connectivity index (χ1v) is 10.6. The molecule has 1 spiro atoms. The number of benzene rings is 1. The summed E-state index contributed by atoms with van der Waals surface area (Å²) in [6.45, 7) is 3.76. The van der Waals surface area contributed by atoms with E-state index in [0.717, 1.165) is 63.1 Å². The van der Waals surface area contributed by atoms with Crippen LogP contribution in [0, 0.1) is 5.41 Å². The van der Waals surface area contributed by atoms with Gasteiger partial charge in [0.2, 0.25) is 0 Å². The molecule has 0 atom stereocenters. The highest BCUT2D eigenvalue weighted by molar-refractivity contribution is 6.30. The molecule has 2 heterocycles. The number of aromatic nitrogens is 3. The predicted molar refractivity (Wildman–Crippen MR) is 108 cm³/mol. The molecular weight excluding hydrogens is 376 g/mol. The number of halogens is 1. The monoisotopic (exact) mass is 402 g/mol. The van der Waals surface area contributed by atoms with E-state index >= 15 is 0 Å². The Morgan fingerprint density at radius 1 is 1.29 bits per heavy atom. The minimum atomic E-state index is -0.127. The Kier molecular flexibility index (Phi) is 5.69. The van der Waals surface area contributed by atoms with Gasteiger partial charge in [0.1, 0.15) is 0 Å². The smallest absolute Gasteiger partial charge is 0.273 e. The van der Waals surface area contributed by atoms with E-state index in [0.29, 0.717) is 22.6 Å². The second-order valence-electron chi connectivity index (χ2n) is 7.99. The zero-order valence-corrected chi connectivity index (χ0v) is 17.0. The normalized spacial score (nSPS) is 19.6. The summed E-state index contributed by atoms with van der Waals surface area (Å²) in [6.07, 6.45) is 7.35. The summed E-state index contributed by atoms with van der Waals surface area (Å²) in [6, 6.07) is 7.63. The van der Waals surface area contributed by atoms with Gasteiger partial charge in [0, 0.05) is 24.3 Å². The van der Waals surface area contributed by atoms with Crippen LogP contribution in [0.15, 0.2) is 24.3 Å². The van der Waals surface area contributed by atoms with Crippen LogP contribution in [0.5, 0.6) is 0 Å². The van der Waals surface area contributed by atoms with Crippen molar-refractivity contribution in [2.45, 2.75) is 57.9 Å². The van der Waals surface area contributed by atoms with Crippen LogP contribution in [-0.4, -0.2) is 40.2 Å². The third-order valence-electron chi connectivity index (χ3n) is 6.30. The van der Waals surface area contributed by atoms with Gasteiger partial charge in [-0.05, 0) is 68.6 Å². The number of nitrogens with zero attached hydrogens (tertiary/aromatic N) is 3. The zero-order chi connectivity index (χ0) is 19.6. The Labute approximate surface area is 170 Å². The van der Waals surface area contributed by atoms with Gasteiger partial charge in [0.05, 0.1) is 11.4 Å². The lowest BCUT2D eigenvalue weighted by atomic mass is 9.68. The standard InChI is InChI=1S/C21H27ClN4O2/c1-2-18-19(24-25-26(18)17-5-3-4-15(22)14-17)20(27)23-16-6-8-21(9-7-16)10-12-28-13-11-21/h3-5,14,16H,2,6-13H2,1H3,(H,23,27). The van der Waals surface area contributed by atoms with Crippen LogP contribution < -0.4 is 5.32 Å². The quantitative estimate of drug-likeness (QED) is 0.840. The van der Waals surface area contributed by atoms with Gasteiger partial charge in [-0.2, -0.15) is 0 Å². The molecule has 1 aliphatic heterocycles. The lowest BCUT2D eigenvalue weighted by Gasteiger charge is -2.42. The van der Waals surface area contributed by atoms with Crippen LogP contribution in [-0.2, 0) is 11.2 Å². The van der Waals surface area contributed by atoms with Crippen LogP contribution in [0.4, 0.5) is 0 Å². The maximum absolute atomic E-state index is 12.9. The number of hydrogen-bond donors (Lipinski definition) is 1. The first-order chi connectivity index (χ1) is 13.6. The van der Waals surface area contributed by atoms with Gasteiger partial charge in [-0.3, -0.25) is 4.79 Å². The molecule has 1 amide bonds. The lowest BCUT2D eigenvalue weighted by molar-refractivity contribution is -0.00903. The average Bonchev–Trinajstić information content (AvgIpc) is 3.15. The van der Waals surface area contributed by atoms with Gasteiger partial charge in [0.15, 0.2) is 5.69 Å². The Balaban J connectivity index is 1.44. The van der Waals surface area contributed by atoms with E-state index < -0.39 is 0 Å². The van der Waals surface area contributed by atoms with E-state index in [4.69, 9.17) is 16.3 Å². The number of hydrogen-bond acceptors (Lipinski definition) is 4. The molecule has 1 saturated carbocycles. The van der Waals surface area contributed by atoms with Crippen LogP contribution in [0.1, 0.15) is 61.6 Å². The number of nitrogens with one attached hydrogen (secondary N) is 1. The van der Waals surface area contributed by atoms with Crippen molar-refractivity contribution in [2.75, 3.05) is 13.2 Å². The van der Waals surface area contributed by atoms with Crippen molar-refractivity contribution in [1.82, 2.24) is 20.3 Å². The van der Waals surface area contributed by atoms with E-state index in [-0.39, 0.29) is 11.9 Å². The fraction of sp³-hybridized carbons (Fsp3) is 0.571. The van der Waals surface area contributed by atoms with E-state index in [1.54, 1.807) is 4.68 Å². The number of ether oxygens (including phenoxy) is 1. The molecular formula is C21H27ClN4O2. The first kappa shape index (κ1) is 19.4. The molecule has 6 nitrogen and oxygen atoms in total. The third kappa shape index (κ3) is 3.94. The van der Waals surface area contributed by atoms with Crippen molar-refractivity contribution < 1.29 is 9.53 Å². The van der Waals surface area contributed by atoms with Gasteiger partial charge >= 0.3 is 0 Å². The van der Waals surface area contributed by atoms with Gasteiger partial charge in [-0.25, -0.2) is 4.68 Å². The van der Waals surface area contributed by atoms with Crippen LogP contribution in [0.25, 0.3) is 5.69 Å². The van der Waals surface area contributed by atoms with Crippen molar-refractivity contribution in [3.63, 3.8) is 0 Å². The highest BCUT2D eigenvalue weighted by Crippen LogP contribution is 2.44. The molecule has 4 rings (SSSR count). The summed E-state index contributed by atoms with van der Waals surface area (Å²) in [5, 5.41) is 12.2. The Morgan fingerprint density at radius 3 is 2.71 bits per heavy atom. The topological polar surface area (TPSA) is 69.0 Å². The van der Waals surface area contributed by atoms with Gasteiger partial charge in [0.25, 0.3) is 5.91 Å². The van der Waals surface area contributed by atoms with Crippen LogP contribution in [0.3, 0.4) is 0 Å². The maximum atomic E-state index is 12.9. The zero-order valence-electron chi connectivity index (χ0n) is 16.3. The number of carbonyl (C=O) groups is 1. The van der Waals surface area contributed by atoms with Crippen molar-refractivity contribution >= 4 is 17.5 Å². The molecule has 150 valence electrons. The molecule has 2 fully saturated rings. The number of carbonyl (C=O) groups excluding carboxylic acids is 1. The van der Waals surface area contributed by atoms with Gasteiger partial charge in [-0.1, -0.05) is 29.8 Å². The molecule has 0 unspecified atom stereocenters. The minimum absolute atomic E-state index is 0.127. The summed E-state index contributed by atoms with van der Waals surface area (Å²) in [7, 11) is 0. The summed E-state index contributed by atoms with van der Waals surface area (Å²) in [4.78, 5) is 12.9. The fourth-order valence-corrected chi connectivity index (χ4v) is 4.73. The maximum Gasteiger partial charge on any atom is 0.273 e. The molecule has 1 aromatic heterocycles. The average molecular weight is 403 g/mol. The molecule has 0 bridgehead atoms. The van der Waals surface area contributed by atoms with Gasteiger partial charge < -0.3 is 10.1 Å². The molecule has 0 radical (unpaired) electrons. The number of amides is 1. The molecule has 1 N–H and O–H groups in total. The molecule has 7 heteroatoms. The largest absolute Gasteiger partial charge is 0.381 e. The highest BCUT2D eigenvalue weighted by Gasteiger charge is 2.37. The second-order valence-corrected chi connectivity index (χ2v) is 8.43. The Morgan fingerprint density at radius 2 is 2.04 bits per heavy atom. The SMILES string of the molecule is CCc1c(C(=O)NC2CCC3(CCOCC3)CC2)nnn1-c1cccc(Cl)c1. The molecule has 1 aliphatic carbocycles. The van der Waals surface area contributed by atoms with E-state index in [9.17, 15) is 4.79 Å². The predicted octanol–water partition coefficient (Wildman–Crippen LogP) is 3.95. The van der Waals surface area contributed by atoms with E-state index in [1.807, 2.05) is 31.2 Å². The molecule has 1 saturated heterocycles. The van der Waals surface area contributed by atoms with Crippen molar-refractivity contribution in [1.29, 1.82) is 0 Å². The molecule has 28 heavy (non-hydrogen) atoms. The third-order valence-corrected chi connectivity index (χ3v) is 6.54. The fourth-order valence-electron chi connectivity index (χ4n) is 4.54. The summed E-state index contributed by atoms with van der Waals surface area (Å²) >= 11 is 6.10. The summed E-state index contributed by atoms with van der Waals surface area (Å²) in [5.74, 6) is -0.127. The second kappa shape index (κ2) is 8.21. The van der Waals surface area contributed by atoms with Crippen molar-refractivity contribution in [3.8, 4) is 5.69 Å².